The van der Waals surface area contributed by atoms with Crippen LogP contribution in [0.3, 0.4) is 0 Å². The fourth-order valence-corrected chi connectivity index (χ4v) is 4.04. The number of anilines is 1. The molecular weight excluding hydrogens is 352 g/mol. The maximum atomic E-state index is 6.29. The molecule has 5 rings (SSSR count). The molecule has 3 aliphatic rings. The Hall–Kier alpha value is -2.47. The summed E-state index contributed by atoms with van der Waals surface area (Å²) in [5.74, 6) is 1.87. The topological polar surface area (TPSA) is 59.8 Å². The lowest BCUT2D eigenvalue weighted by atomic mass is 10.0. The molecule has 1 saturated heterocycles. The van der Waals surface area contributed by atoms with Crippen LogP contribution in [-0.2, 0) is 11.3 Å². The van der Waals surface area contributed by atoms with Gasteiger partial charge in [-0.25, -0.2) is 9.97 Å². The molecule has 2 aromatic rings. The number of fused-ring (bicyclic) bond motifs is 1. The SMILES string of the molecule is CCC1(Oc2ccc3c(c2)C(c2cc(N4CCO[C@H](C)C4)ncn2)=NC3)CC1. The summed E-state index contributed by atoms with van der Waals surface area (Å²) >= 11 is 0. The average Bonchev–Trinajstić information content (AvgIpc) is 3.37. The molecule has 1 saturated carbocycles. The Morgan fingerprint density at radius 2 is 2.14 bits per heavy atom. The van der Waals surface area contributed by atoms with Crippen LogP contribution in [0.4, 0.5) is 5.82 Å². The smallest absolute Gasteiger partial charge is 0.132 e. The van der Waals surface area contributed by atoms with Gasteiger partial charge in [0.25, 0.3) is 0 Å². The van der Waals surface area contributed by atoms with Gasteiger partial charge in [0.2, 0.25) is 0 Å². The van der Waals surface area contributed by atoms with Gasteiger partial charge < -0.3 is 14.4 Å². The lowest BCUT2D eigenvalue weighted by Gasteiger charge is -2.32. The predicted molar refractivity (Wildman–Crippen MR) is 108 cm³/mol. The van der Waals surface area contributed by atoms with Gasteiger partial charge in [0, 0.05) is 24.7 Å². The van der Waals surface area contributed by atoms with Crippen LogP contribution in [0.2, 0.25) is 0 Å². The molecule has 0 amide bonds. The maximum absolute atomic E-state index is 6.29. The van der Waals surface area contributed by atoms with Crippen molar-refractivity contribution in [3.05, 3.63) is 47.4 Å². The number of benzene rings is 1. The molecule has 0 N–H and O–H groups in total. The van der Waals surface area contributed by atoms with Crippen LogP contribution in [0.5, 0.6) is 5.75 Å². The second-order valence-electron chi connectivity index (χ2n) is 8.01. The number of ether oxygens (including phenoxy) is 2. The Balaban J connectivity index is 1.42. The molecule has 0 radical (unpaired) electrons. The Labute approximate surface area is 165 Å². The van der Waals surface area contributed by atoms with Gasteiger partial charge in [-0.3, -0.25) is 4.99 Å². The van der Waals surface area contributed by atoms with Crippen molar-refractivity contribution in [1.29, 1.82) is 0 Å². The summed E-state index contributed by atoms with van der Waals surface area (Å²) in [6, 6.07) is 8.40. The second-order valence-corrected chi connectivity index (χ2v) is 8.01. The minimum Gasteiger partial charge on any atom is -0.487 e. The largest absolute Gasteiger partial charge is 0.487 e. The summed E-state index contributed by atoms with van der Waals surface area (Å²) in [7, 11) is 0. The number of nitrogens with zero attached hydrogens (tertiary/aromatic N) is 4. The first-order chi connectivity index (χ1) is 13.7. The van der Waals surface area contributed by atoms with E-state index in [4.69, 9.17) is 14.5 Å². The standard InChI is InChI=1S/C22H26N4O2/c1-3-22(6-7-22)28-17-5-4-16-12-23-21(18(16)10-17)19-11-20(25-14-24-19)26-8-9-27-15(2)13-26/h4-5,10-11,14-15H,3,6-9,12-13H2,1-2H3/t15-/m1/s1. The van der Waals surface area contributed by atoms with Crippen LogP contribution in [0.25, 0.3) is 0 Å². The van der Waals surface area contributed by atoms with E-state index >= 15 is 0 Å². The van der Waals surface area contributed by atoms with E-state index in [2.05, 4.69) is 46.9 Å². The van der Waals surface area contributed by atoms with Crippen molar-refractivity contribution in [2.45, 2.75) is 51.4 Å². The van der Waals surface area contributed by atoms with Gasteiger partial charge in [0.05, 0.1) is 30.7 Å². The predicted octanol–water partition coefficient (Wildman–Crippen LogP) is 3.37. The first-order valence-corrected chi connectivity index (χ1v) is 10.2. The number of rotatable bonds is 5. The van der Waals surface area contributed by atoms with E-state index < -0.39 is 0 Å². The van der Waals surface area contributed by atoms with Gasteiger partial charge in [0.1, 0.15) is 23.5 Å². The molecule has 0 spiro atoms. The van der Waals surface area contributed by atoms with Crippen LogP contribution < -0.4 is 9.64 Å². The summed E-state index contributed by atoms with van der Waals surface area (Å²) in [5, 5.41) is 0. The van der Waals surface area contributed by atoms with E-state index in [1.54, 1.807) is 6.33 Å². The Morgan fingerprint density at radius 3 is 2.93 bits per heavy atom. The number of aromatic nitrogens is 2. The molecule has 2 aliphatic heterocycles. The van der Waals surface area contributed by atoms with Crippen LogP contribution in [0, 0.1) is 0 Å². The zero-order valence-electron chi connectivity index (χ0n) is 16.5. The van der Waals surface area contributed by atoms with E-state index in [1.165, 1.54) is 5.56 Å². The normalized spacial score (nSPS) is 22.6. The Morgan fingerprint density at radius 1 is 1.25 bits per heavy atom. The van der Waals surface area contributed by atoms with Crippen LogP contribution >= 0.6 is 0 Å². The average molecular weight is 378 g/mol. The van der Waals surface area contributed by atoms with Crippen LogP contribution in [0.15, 0.2) is 35.6 Å². The lowest BCUT2D eigenvalue weighted by Crippen LogP contribution is -2.41. The molecule has 1 aliphatic carbocycles. The number of morpholine rings is 1. The molecule has 0 bridgehead atoms. The molecule has 1 aromatic carbocycles. The van der Waals surface area contributed by atoms with Gasteiger partial charge in [-0.15, -0.1) is 0 Å². The minimum absolute atomic E-state index is 0.0548. The third-order valence-corrected chi connectivity index (χ3v) is 5.99. The van der Waals surface area contributed by atoms with Gasteiger partial charge in [-0.05, 0) is 43.9 Å². The first kappa shape index (κ1) is 17.6. The number of hydrogen-bond donors (Lipinski definition) is 0. The summed E-state index contributed by atoms with van der Waals surface area (Å²) in [6.07, 6.45) is 5.20. The third-order valence-electron chi connectivity index (χ3n) is 5.99. The molecule has 6 nitrogen and oxygen atoms in total. The quantitative estimate of drug-likeness (QED) is 0.798. The highest BCUT2D eigenvalue weighted by molar-refractivity contribution is 6.14. The van der Waals surface area contributed by atoms with Crippen molar-refractivity contribution in [2.75, 3.05) is 24.6 Å². The fourth-order valence-electron chi connectivity index (χ4n) is 4.04. The zero-order chi connectivity index (χ0) is 19.1. The summed E-state index contributed by atoms with van der Waals surface area (Å²) in [4.78, 5) is 16.0. The summed E-state index contributed by atoms with van der Waals surface area (Å²) in [5.41, 5.74) is 4.22. The molecule has 6 heteroatoms. The van der Waals surface area contributed by atoms with Crippen molar-refractivity contribution in [1.82, 2.24) is 9.97 Å². The Kier molecular flexibility index (Phi) is 4.31. The van der Waals surface area contributed by atoms with Crippen LogP contribution in [0.1, 0.15) is 49.9 Å². The molecule has 1 atom stereocenters. The van der Waals surface area contributed by atoms with E-state index in [0.29, 0.717) is 6.54 Å². The van der Waals surface area contributed by atoms with Gasteiger partial charge in [0.15, 0.2) is 0 Å². The maximum Gasteiger partial charge on any atom is 0.132 e. The number of aliphatic imine (C=N–C) groups is 1. The molecule has 2 fully saturated rings. The van der Waals surface area contributed by atoms with Crippen molar-refractivity contribution in [3.63, 3.8) is 0 Å². The highest BCUT2D eigenvalue weighted by atomic mass is 16.5. The van der Waals surface area contributed by atoms with Crippen molar-refractivity contribution in [3.8, 4) is 5.75 Å². The highest BCUT2D eigenvalue weighted by Crippen LogP contribution is 2.43. The zero-order valence-corrected chi connectivity index (χ0v) is 16.5. The monoisotopic (exact) mass is 378 g/mol. The van der Waals surface area contributed by atoms with Gasteiger partial charge >= 0.3 is 0 Å². The molecule has 1 aromatic heterocycles. The summed E-state index contributed by atoms with van der Waals surface area (Å²) in [6.45, 7) is 7.40. The van der Waals surface area contributed by atoms with E-state index in [-0.39, 0.29) is 11.7 Å². The van der Waals surface area contributed by atoms with E-state index in [9.17, 15) is 0 Å². The minimum atomic E-state index is 0.0548. The highest BCUT2D eigenvalue weighted by Gasteiger charge is 2.43. The fraction of sp³-hybridized carbons (Fsp3) is 0.500. The molecule has 28 heavy (non-hydrogen) atoms. The lowest BCUT2D eigenvalue weighted by molar-refractivity contribution is 0.0529. The molecule has 0 unspecified atom stereocenters. The number of hydrogen-bond acceptors (Lipinski definition) is 6. The van der Waals surface area contributed by atoms with Gasteiger partial charge in [-0.1, -0.05) is 13.0 Å². The molecular formula is C22H26N4O2. The van der Waals surface area contributed by atoms with E-state index in [0.717, 1.165) is 67.5 Å². The second kappa shape index (κ2) is 6.85. The molecule has 146 valence electrons. The van der Waals surface area contributed by atoms with Crippen molar-refractivity contribution >= 4 is 11.5 Å². The van der Waals surface area contributed by atoms with Crippen molar-refractivity contribution in [2.24, 2.45) is 4.99 Å². The van der Waals surface area contributed by atoms with Crippen LogP contribution in [-0.4, -0.2) is 47.1 Å². The summed E-state index contributed by atoms with van der Waals surface area (Å²) < 4.78 is 11.9. The molecule has 3 heterocycles. The van der Waals surface area contributed by atoms with Gasteiger partial charge in [-0.2, -0.15) is 0 Å². The first-order valence-electron chi connectivity index (χ1n) is 10.2. The third kappa shape index (κ3) is 3.26. The van der Waals surface area contributed by atoms with E-state index in [1.807, 2.05) is 6.07 Å². The van der Waals surface area contributed by atoms with Crippen molar-refractivity contribution < 1.29 is 9.47 Å². The Bertz CT molecular complexity index is 923.